The second-order valence-corrected chi connectivity index (χ2v) is 3.86. The molecule has 0 saturated carbocycles. The van der Waals surface area contributed by atoms with Gasteiger partial charge in [0.1, 0.15) is 11.6 Å². The van der Waals surface area contributed by atoms with E-state index in [2.05, 4.69) is 0 Å². The monoisotopic (exact) mass is 239 g/mol. The summed E-state index contributed by atoms with van der Waals surface area (Å²) in [5.74, 6) is -0.350. The quantitative estimate of drug-likeness (QED) is 0.611. The lowest BCUT2D eigenvalue weighted by atomic mass is 9.88. The minimum Gasteiger partial charge on any atom is -0.493 e. The number of benzene rings is 1. The summed E-state index contributed by atoms with van der Waals surface area (Å²) in [6.45, 7) is 2.28. The van der Waals surface area contributed by atoms with E-state index in [4.69, 9.17) is 14.9 Å². The average Bonchev–Trinajstić information content (AvgIpc) is 2.31. The summed E-state index contributed by atoms with van der Waals surface area (Å²) in [6.07, 6.45) is 0.183. The maximum Gasteiger partial charge on any atom is 0.218 e. The Labute approximate surface area is 98.5 Å². The smallest absolute Gasteiger partial charge is 0.218 e. The summed E-state index contributed by atoms with van der Waals surface area (Å²) < 4.78 is 23.6. The molecule has 5 heteroatoms. The van der Waals surface area contributed by atoms with E-state index in [-0.39, 0.29) is 31.1 Å². The first-order valence-corrected chi connectivity index (χ1v) is 5.45. The van der Waals surface area contributed by atoms with Crippen molar-refractivity contribution in [3.05, 3.63) is 29.6 Å². The van der Waals surface area contributed by atoms with E-state index in [0.29, 0.717) is 5.75 Å². The zero-order valence-corrected chi connectivity index (χ0v) is 9.50. The highest BCUT2D eigenvalue weighted by Gasteiger charge is 2.41. The van der Waals surface area contributed by atoms with Crippen molar-refractivity contribution in [3.63, 3.8) is 0 Å². The first-order valence-electron chi connectivity index (χ1n) is 5.45. The molecule has 1 aromatic rings. The molecule has 1 aliphatic heterocycles. The zero-order valence-electron chi connectivity index (χ0n) is 9.50. The van der Waals surface area contributed by atoms with E-state index in [1.165, 1.54) is 18.2 Å². The highest BCUT2D eigenvalue weighted by atomic mass is 19.1. The number of hydrogen-bond donors (Lipinski definition) is 2. The molecule has 1 unspecified atom stereocenters. The number of aliphatic hydroxyl groups is 1. The average molecular weight is 239 g/mol. The number of fused-ring (bicyclic) bond motifs is 1. The fourth-order valence-corrected chi connectivity index (χ4v) is 1.89. The van der Waals surface area contributed by atoms with Gasteiger partial charge in [0.25, 0.3) is 0 Å². The molecule has 4 nitrogen and oxygen atoms in total. The van der Waals surface area contributed by atoms with Crippen molar-refractivity contribution in [2.45, 2.75) is 18.9 Å². The molecule has 1 aliphatic rings. The summed E-state index contributed by atoms with van der Waals surface area (Å²) in [5, 5.41) is 18.2. The van der Waals surface area contributed by atoms with Gasteiger partial charge in [-0.25, -0.2) is 4.39 Å². The van der Waals surface area contributed by atoms with Crippen LogP contribution in [0, 0.1) is 11.2 Å². The molecule has 0 spiro atoms. The summed E-state index contributed by atoms with van der Waals surface area (Å²) in [4.78, 5) is 0. The Hall–Kier alpha value is -1.62. The Morgan fingerprint density at radius 3 is 3.12 bits per heavy atom. The zero-order chi connectivity index (χ0) is 12.5. The van der Waals surface area contributed by atoms with Crippen molar-refractivity contribution in [1.82, 2.24) is 0 Å². The van der Waals surface area contributed by atoms with Gasteiger partial charge in [0, 0.05) is 12.0 Å². The van der Waals surface area contributed by atoms with Gasteiger partial charge in [-0.2, -0.15) is 0 Å². The first-order chi connectivity index (χ1) is 8.08. The highest BCUT2D eigenvalue weighted by Crippen LogP contribution is 2.38. The lowest BCUT2D eigenvalue weighted by Crippen LogP contribution is -2.41. The molecule has 0 aliphatic carbocycles. The largest absolute Gasteiger partial charge is 0.493 e. The minimum atomic E-state index is -1.59. The molecule has 0 aromatic heterocycles. The van der Waals surface area contributed by atoms with Crippen molar-refractivity contribution in [3.8, 4) is 5.75 Å². The fourth-order valence-electron chi connectivity index (χ4n) is 1.89. The Kier molecular flexibility index (Phi) is 3.02. The maximum absolute atomic E-state index is 13.2. The number of nitrogens with one attached hydrogen (secondary N) is 1. The molecule has 0 radical (unpaired) electrons. The van der Waals surface area contributed by atoms with Gasteiger partial charge in [-0.3, -0.25) is 5.41 Å². The highest BCUT2D eigenvalue weighted by molar-refractivity contribution is 5.84. The van der Waals surface area contributed by atoms with Crippen LogP contribution in [0.2, 0.25) is 0 Å². The number of ether oxygens (including phenoxy) is 2. The SMILES string of the molecule is CCOC(=N)C1(O)CCOc2ccc(F)cc21. The van der Waals surface area contributed by atoms with Crippen LogP contribution in [0.15, 0.2) is 18.2 Å². The van der Waals surface area contributed by atoms with E-state index in [0.717, 1.165) is 0 Å². The second kappa shape index (κ2) is 4.33. The van der Waals surface area contributed by atoms with Gasteiger partial charge >= 0.3 is 0 Å². The van der Waals surface area contributed by atoms with Gasteiger partial charge in [-0.15, -0.1) is 0 Å². The van der Waals surface area contributed by atoms with E-state index in [1.807, 2.05) is 0 Å². The molecule has 2 rings (SSSR count). The summed E-state index contributed by atoms with van der Waals surface area (Å²) >= 11 is 0. The predicted molar refractivity (Wildman–Crippen MR) is 59.8 cm³/mol. The molecule has 17 heavy (non-hydrogen) atoms. The van der Waals surface area contributed by atoms with Crippen LogP contribution in [0.3, 0.4) is 0 Å². The summed E-state index contributed by atoms with van der Waals surface area (Å²) in [6, 6.07) is 3.89. The van der Waals surface area contributed by atoms with Crippen LogP contribution in [0.25, 0.3) is 0 Å². The first kappa shape index (κ1) is 11.9. The minimum absolute atomic E-state index is 0.183. The normalized spacial score (nSPS) is 22.5. The van der Waals surface area contributed by atoms with Crippen LogP contribution in [-0.2, 0) is 10.3 Å². The maximum atomic E-state index is 13.2. The summed E-state index contributed by atoms with van der Waals surface area (Å²) in [5.41, 5.74) is -1.34. The van der Waals surface area contributed by atoms with Crippen LogP contribution in [-0.4, -0.2) is 24.2 Å². The lowest BCUT2D eigenvalue weighted by Gasteiger charge is -2.33. The Morgan fingerprint density at radius 2 is 2.41 bits per heavy atom. The Morgan fingerprint density at radius 1 is 1.65 bits per heavy atom. The Bertz CT molecular complexity index is 449. The molecule has 0 amide bonds. The Balaban J connectivity index is 2.45. The van der Waals surface area contributed by atoms with Gasteiger partial charge in [-0.05, 0) is 25.1 Å². The van der Waals surface area contributed by atoms with Crippen LogP contribution in [0.1, 0.15) is 18.9 Å². The predicted octanol–water partition coefficient (Wildman–Crippen LogP) is 1.81. The van der Waals surface area contributed by atoms with Crippen LogP contribution in [0.5, 0.6) is 5.75 Å². The van der Waals surface area contributed by atoms with E-state index in [1.54, 1.807) is 6.92 Å². The molecule has 0 saturated heterocycles. The third-order valence-corrected chi connectivity index (χ3v) is 2.77. The number of halogens is 1. The molecule has 92 valence electrons. The van der Waals surface area contributed by atoms with Gasteiger partial charge in [0.2, 0.25) is 5.90 Å². The number of hydrogen-bond acceptors (Lipinski definition) is 4. The standard InChI is InChI=1S/C12H14FNO3/c1-2-16-11(14)12(15)5-6-17-10-4-3-8(13)7-9(10)12/h3-4,7,14-15H,2,5-6H2,1H3. The van der Waals surface area contributed by atoms with Crippen LogP contribution >= 0.6 is 0 Å². The molecule has 0 bridgehead atoms. The van der Waals surface area contributed by atoms with Gasteiger partial charge < -0.3 is 14.6 Å². The van der Waals surface area contributed by atoms with Crippen LogP contribution in [0.4, 0.5) is 4.39 Å². The lowest BCUT2D eigenvalue weighted by molar-refractivity contribution is 0.0349. The van der Waals surface area contributed by atoms with E-state index in [9.17, 15) is 9.50 Å². The third-order valence-electron chi connectivity index (χ3n) is 2.77. The van der Waals surface area contributed by atoms with Gasteiger partial charge in [-0.1, -0.05) is 0 Å². The molecular weight excluding hydrogens is 225 g/mol. The molecule has 1 heterocycles. The molecule has 2 N–H and O–H groups in total. The van der Waals surface area contributed by atoms with Crippen molar-refractivity contribution in [2.24, 2.45) is 0 Å². The fraction of sp³-hybridized carbons (Fsp3) is 0.417. The van der Waals surface area contributed by atoms with Crippen molar-refractivity contribution in [1.29, 1.82) is 5.41 Å². The van der Waals surface area contributed by atoms with Crippen molar-refractivity contribution in [2.75, 3.05) is 13.2 Å². The topological polar surface area (TPSA) is 62.5 Å². The van der Waals surface area contributed by atoms with Gasteiger partial charge in [0.05, 0.1) is 13.2 Å². The van der Waals surface area contributed by atoms with Crippen molar-refractivity contribution >= 4 is 5.90 Å². The second-order valence-electron chi connectivity index (χ2n) is 3.86. The number of rotatable bonds is 2. The summed E-state index contributed by atoms with van der Waals surface area (Å²) in [7, 11) is 0. The molecule has 1 aromatic carbocycles. The molecule has 1 atom stereocenters. The van der Waals surface area contributed by atoms with Crippen molar-refractivity contribution < 1.29 is 19.0 Å². The molecular formula is C12H14FNO3. The van der Waals surface area contributed by atoms with E-state index < -0.39 is 11.4 Å². The molecule has 0 fully saturated rings. The van der Waals surface area contributed by atoms with Gasteiger partial charge in [0.15, 0.2) is 5.60 Å². The third kappa shape index (κ3) is 1.98. The van der Waals surface area contributed by atoms with E-state index >= 15 is 0 Å². The van der Waals surface area contributed by atoms with Crippen LogP contribution < -0.4 is 4.74 Å².